The second-order valence-corrected chi connectivity index (χ2v) is 6.85. The van der Waals surface area contributed by atoms with Gasteiger partial charge >= 0.3 is 0 Å². The van der Waals surface area contributed by atoms with Gasteiger partial charge < -0.3 is 5.32 Å². The van der Waals surface area contributed by atoms with Crippen molar-refractivity contribution in [1.82, 2.24) is 10.2 Å². The first-order valence-corrected chi connectivity index (χ1v) is 8.98. The van der Waals surface area contributed by atoms with Crippen molar-refractivity contribution in [2.24, 2.45) is 5.92 Å². The highest BCUT2D eigenvalue weighted by Crippen LogP contribution is 2.35. The average molecular weight is 320 g/mol. The summed E-state index contributed by atoms with van der Waals surface area (Å²) in [6, 6.07) is 20.2. The molecule has 1 heterocycles. The molecule has 0 amide bonds. The van der Waals surface area contributed by atoms with E-state index in [4.69, 9.17) is 0 Å². The van der Waals surface area contributed by atoms with Gasteiger partial charge in [-0.15, -0.1) is 0 Å². The smallest absolute Gasteiger partial charge is 0.0354 e. The molecule has 1 saturated heterocycles. The van der Waals surface area contributed by atoms with Gasteiger partial charge in [0.2, 0.25) is 0 Å². The van der Waals surface area contributed by atoms with Crippen molar-refractivity contribution in [3.8, 4) is 0 Å². The van der Waals surface area contributed by atoms with Crippen LogP contribution in [0.15, 0.2) is 60.8 Å². The summed E-state index contributed by atoms with van der Waals surface area (Å²) in [5.74, 6) is 0.797. The Hall–Kier alpha value is -2.06. The molecule has 0 spiro atoms. The van der Waals surface area contributed by atoms with Crippen LogP contribution in [-0.2, 0) is 6.54 Å². The average Bonchev–Trinajstić information content (AvgIpc) is 2.63. The van der Waals surface area contributed by atoms with E-state index in [9.17, 15) is 0 Å². The molecule has 0 radical (unpaired) electrons. The summed E-state index contributed by atoms with van der Waals surface area (Å²) in [7, 11) is 1.94. The Bertz CT molecular complexity index is 663. The van der Waals surface area contributed by atoms with Gasteiger partial charge in [-0.1, -0.05) is 61.5 Å². The van der Waals surface area contributed by atoms with Gasteiger partial charge in [-0.05, 0) is 54.3 Å². The Kier molecular flexibility index (Phi) is 5.71. The molecule has 24 heavy (non-hydrogen) atoms. The Morgan fingerprint density at radius 3 is 2.62 bits per heavy atom. The molecule has 2 aromatic carbocycles. The van der Waals surface area contributed by atoms with Crippen LogP contribution in [0.5, 0.6) is 0 Å². The quantitative estimate of drug-likeness (QED) is 0.847. The Balaban J connectivity index is 1.83. The van der Waals surface area contributed by atoms with Crippen LogP contribution in [0.25, 0.3) is 6.08 Å². The first-order valence-electron chi connectivity index (χ1n) is 8.98. The fourth-order valence-electron chi connectivity index (χ4n) is 3.63. The number of rotatable bonds is 5. The topological polar surface area (TPSA) is 15.3 Å². The third-order valence-corrected chi connectivity index (χ3v) is 5.02. The van der Waals surface area contributed by atoms with Gasteiger partial charge in [0.15, 0.2) is 0 Å². The highest BCUT2D eigenvalue weighted by atomic mass is 15.2. The van der Waals surface area contributed by atoms with Crippen LogP contribution in [0.4, 0.5) is 0 Å². The first kappa shape index (κ1) is 16.8. The highest BCUT2D eigenvalue weighted by molar-refractivity contribution is 5.53. The van der Waals surface area contributed by atoms with Crippen LogP contribution in [0.1, 0.15) is 42.5 Å². The molecule has 1 aliphatic heterocycles. The van der Waals surface area contributed by atoms with Crippen LogP contribution in [0.3, 0.4) is 0 Å². The predicted octanol–water partition coefficient (Wildman–Crippen LogP) is 4.85. The summed E-state index contributed by atoms with van der Waals surface area (Å²) in [4.78, 5) is 2.65. The van der Waals surface area contributed by atoms with Crippen LogP contribution in [0, 0.1) is 5.92 Å². The zero-order valence-electron chi connectivity index (χ0n) is 14.8. The van der Waals surface area contributed by atoms with Crippen molar-refractivity contribution in [1.29, 1.82) is 0 Å². The number of likely N-dealkylation sites (tertiary alicyclic amines) is 1. The van der Waals surface area contributed by atoms with Crippen molar-refractivity contribution >= 4 is 6.08 Å². The lowest BCUT2D eigenvalue weighted by atomic mass is 9.88. The molecule has 2 nitrogen and oxygen atoms in total. The molecule has 2 atom stereocenters. The van der Waals surface area contributed by atoms with Gasteiger partial charge in [-0.25, -0.2) is 0 Å². The lowest BCUT2D eigenvalue weighted by Crippen LogP contribution is -2.35. The molecule has 1 aliphatic rings. The lowest BCUT2D eigenvalue weighted by Gasteiger charge is -2.39. The fourth-order valence-corrected chi connectivity index (χ4v) is 3.63. The minimum Gasteiger partial charge on any atom is -0.394 e. The molecule has 2 heteroatoms. The monoisotopic (exact) mass is 320 g/mol. The van der Waals surface area contributed by atoms with Crippen LogP contribution in [0.2, 0.25) is 0 Å². The van der Waals surface area contributed by atoms with Crippen LogP contribution in [-0.4, -0.2) is 18.5 Å². The summed E-state index contributed by atoms with van der Waals surface area (Å²) >= 11 is 0. The van der Waals surface area contributed by atoms with Crippen molar-refractivity contribution in [2.75, 3.05) is 13.6 Å². The van der Waals surface area contributed by atoms with E-state index in [1.165, 1.54) is 36.1 Å². The van der Waals surface area contributed by atoms with Crippen molar-refractivity contribution < 1.29 is 0 Å². The molecule has 1 N–H and O–H groups in total. The molecule has 126 valence electrons. The molecule has 1 fully saturated rings. The Morgan fingerprint density at radius 2 is 1.83 bits per heavy atom. The molecule has 3 rings (SSSR count). The molecule has 0 aliphatic carbocycles. The number of nitrogens with one attached hydrogen (secondary N) is 1. The fraction of sp³-hybridized carbons (Fsp3) is 0.364. The van der Waals surface area contributed by atoms with Crippen molar-refractivity contribution in [3.05, 3.63) is 77.5 Å². The lowest BCUT2D eigenvalue weighted by molar-refractivity contribution is 0.110. The Labute approximate surface area is 146 Å². The van der Waals surface area contributed by atoms with Gasteiger partial charge in [0.25, 0.3) is 0 Å². The van der Waals surface area contributed by atoms with Crippen LogP contribution >= 0.6 is 0 Å². The maximum Gasteiger partial charge on any atom is 0.0354 e. The summed E-state index contributed by atoms with van der Waals surface area (Å²) in [6.07, 6.45) is 6.71. The maximum absolute atomic E-state index is 3.09. The van der Waals surface area contributed by atoms with Crippen LogP contribution < -0.4 is 5.32 Å². The van der Waals surface area contributed by atoms with E-state index in [1.807, 2.05) is 13.2 Å². The molecule has 0 aromatic heterocycles. The normalized spacial score (nSPS) is 21.9. The second kappa shape index (κ2) is 8.16. The first-order chi connectivity index (χ1) is 11.8. The maximum atomic E-state index is 3.09. The number of hydrogen-bond donors (Lipinski definition) is 1. The standard InChI is InChI=1S/C22H28N2/c1-18-13-15-24(22(16-18)20-9-4-3-5-10-20)17-21-11-7-6-8-19(21)12-14-23-2/h3-12,14,18,22-23H,13,15-17H2,1-2H3/b14-12-. The van der Waals surface area contributed by atoms with E-state index in [1.54, 1.807) is 0 Å². The van der Waals surface area contributed by atoms with E-state index in [0.29, 0.717) is 6.04 Å². The Morgan fingerprint density at radius 1 is 1.08 bits per heavy atom. The van der Waals surface area contributed by atoms with Gasteiger partial charge in [0, 0.05) is 19.6 Å². The molecule has 2 unspecified atom stereocenters. The van der Waals surface area contributed by atoms with E-state index < -0.39 is 0 Å². The second-order valence-electron chi connectivity index (χ2n) is 6.85. The van der Waals surface area contributed by atoms with E-state index in [0.717, 1.165) is 12.5 Å². The van der Waals surface area contributed by atoms with Crippen molar-refractivity contribution in [3.63, 3.8) is 0 Å². The van der Waals surface area contributed by atoms with E-state index in [2.05, 4.69) is 77.8 Å². The van der Waals surface area contributed by atoms with E-state index in [-0.39, 0.29) is 0 Å². The van der Waals surface area contributed by atoms with Gasteiger partial charge in [0.05, 0.1) is 0 Å². The number of benzene rings is 2. The highest BCUT2D eigenvalue weighted by Gasteiger charge is 2.27. The molecule has 0 bridgehead atoms. The van der Waals surface area contributed by atoms with Crippen molar-refractivity contribution in [2.45, 2.75) is 32.4 Å². The van der Waals surface area contributed by atoms with E-state index >= 15 is 0 Å². The number of piperidine rings is 1. The summed E-state index contributed by atoms with van der Waals surface area (Å²) in [5, 5.41) is 3.09. The summed E-state index contributed by atoms with van der Waals surface area (Å²) < 4.78 is 0. The summed E-state index contributed by atoms with van der Waals surface area (Å²) in [5.41, 5.74) is 4.16. The number of hydrogen-bond acceptors (Lipinski definition) is 2. The minimum atomic E-state index is 0.524. The third-order valence-electron chi connectivity index (χ3n) is 5.02. The van der Waals surface area contributed by atoms with Gasteiger partial charge in [-0.3, -0.25) is 4.90 Å². The predicted molar refractivity (Wildman–Crippen MR) is 103 cm³/mol. The zero-order valence-corrected chi connectivity index (χ0v) is 14.8. The largest absolute Gasteiger partial charge is 0.394 e. The molecular weight excluding hydrogens is 292 g/mol. The SMILES string of the molecule is CN/C=C\c1ccccc1CN1CCC(C)CC1c1ccccc1. The van der Waals surface area contributed by atoms with Gasteiger partial charge in [0.1, 0.15) is 0 Å². The molecule has 2 aromatic rings. The zero-order chi connectivity index (χ0) is 16.8. The number of nitrogens with zero attached hydrogens (tertiary/aromatic N) is 1. The molecule has 0 saturated carbocycles. The molecular formula is C22H28N2. The summed E-state index contributed by atoms with van der Waals surface area (Å²) in [6.45, 7) is 4.57. The van der Waals surface area contributed by atoms with Gasteiger partial charge in [-0.2, -0.15) is 0 Å². The third kappa shape index (κ3) is 4.07. The minimum absolute atomic E-state index is 0.524.